The van der Waals surface area contributed by atoms with Crippen molar-refractivity contribution < 1.29 is 5.11 Å². The number of hydrogen-bond acceptors (Lipinski definition) is 2. The third-order valence-electron chi connectivity index (χ3n) is 3.23. The maximum Gasteiger partial charge on any atom is 0.123 e. The summed E-state index contributed by atoms with van der Waals surface area (Å²) in [6, 6.07) is 16.9. The molecule has 21 heavy (non-hydrogen) atoms. The number of benzene rings is 2. The molecule has 1 atom stereocenters. The summed E-state index contributed by atoms with van der Waals surface area (Å²) >= 11 is 9.64. The first-order valence-electron chi connectivity index (χ1n) is 6.40. The lowest BCUT2D eigenvalue weighted by atomic mass is 10.1. The van der Waals surface area contributed by atoms with Gasteiger partial charge in [-0.2, -0.15) is 5.10 Å². The Hall–Kier alpha value is -1.62. The van der Waals surface area contributed by atoms with Crippen molar-refractivity contribution in [3.63, 3.8) is 0 Å². The van der Waals surface area contributed by atoms with Crippen LogP contribution in [0.25, 0.3) is 5.69 Å². The zero-order valence-electron chi connectivity index (χ0n) is 10.9. The second-order valence-electron chi connectivity index (χ2n) is 4.55. The molecule has 3 aromatic rings. The van der Waals surface area contributed by atoms with Crippen LogP contribution in [0.3, 0.4) is 0 Å². The van der Waals surface area contributed by atoms with Crippen molar-refractivity contribution in [1.29, 1.82) is 0 Å². The van der Waals surface area contributed by atoms with E-state index in [2.05, 4.69) is 21.0 Å². The Labute approximate surface area is 135 Å². The molecular weight excluding hydrogens is 352 g/mol. The van der Waals surface area contributed by atoms with E-state index in [4.69, 9.17) is 11.6 Å². The van der Waals surface area contributed by atoms with Crippen molar-refractivity contribution in [1.82, 2.24) is 9.78 Å². The first kappa shape index (κ1) is 14.3. The van der Waals surface area contributed by atoms with Crippen LogP contribution in [0.15, 0.2) is 65.3 Å². The number of aliphatic hydroxyl groups excluding tert-OH is 1. The van der Waals surface area contributed by atoms with Crippen LogP contribution in [0.2, 0.25) is 5.02 Å². The molecule has 0 aliphatic carbocycles. The second kappa shape index (κ2) is 6.02. The molecule has 1 unspecified atom stereocenters. The number of hydrogen-bond donors (Lipinski definition) is 1. The fourth-order valence-electron chi connectivity index (χ4n) is 2.20. The van der Waals surface area contributed by atoms with Crippen LogP contribution in [-0.2, 0) is 0 Å². The van der Waals surface area contributed by atoms with Crippen molar-refractivity contribution >= 4 is 27.5 Å². The Balaban J connectivity index is 2.06. The van der Waals surface area contributed by atoms with Gasteiger partial charge in [-0.3, -0.25) is 0 Å². The molecule has 1 heterocycles. The quantitative estimate of drug-likeness (QED) is 0.750. The lowest BCUT2D eigenvalue weighted by molar-refractivity contribution is 0.212. The largest absolute Gasteiger partial charge is 0.382 e. The minimum absolute atomic E-state index is 0.505. The number of rotatable bonds is 3. The fraction of sp³-hybridized carbons (Fsp3) is 0.0625. The summed E-state index contributed by atoms with van der Waals surface area (Å²) in [6.45, 7) is 0. The lowest BCUT2D eigenvalue weighted by Crippen LogP contribution is -2.09. The second-order valence-corrected chi connectivity index (χ2v) is 5.78. The maximum absolute atomic E-state index is 10.7. The first-order valence-corrected chi connectivity index (χ1v) is 7.57. The third kappa shape index (κ3) is 2.75. The Morgan fingerprint density at radius 2 is 1.81 bits per heavy atom. The molecule has 0 aliphatic heterocycles. The number of para-hydroxylation sites is 1. The van der Waals surface area contributed by atoms with Crippen molar-refractivity contribution in [3.8, 4) is 5.69 Å². The van der Waals surface area contributed by atoms with Gasteiger partial charge in [-0.25, -0.2) is 4.68 Å². The molecule has 0 amide bonds. The van der Waals surface area contributed by atoms with Gasteiger partial charge < -0.3 is 5.11 Å². The van der Waals surface area contributed by atoms with E-state index in [1.807, 2.05) is 42.5 Å². The van der Waals surface area contributed by atoms with E-state index >= 15 is 0 Å². The lowest BCUT2D eigenvalue weighted by Gasteiger charge is -2.15. The van der Waals surface area contributed by atoms with Crippen LogP contribution in [0.5, 0.6) is 0 Å². The predicted molar refractivity (Wildman–Crippen MR) is 86.8 cm³/mol. The van der Waals surface area contributed by atoms with Gasteiger partial charge in [-0.05, 0) is 40.2 Å². The number of aliphatic hydroxyl groups is 1. The fourth-order valence-corrected chi connectivity index (χ4v) is 2.81. The molecule has 1 N–H and O–H groups in total. The van der Waals surface area contributed by atoms with Crippen LogP contribution in [0.4, 0.5) is 0 Å². The van der Waals surface area contributed by atoms with Gasteiger partial charge in [0.15, 0.2) is 0 Å². The molecule has 0 saturated heterocycles. The van der Waals surface area contributed by atoms with E-state index in [1.165, 1.54) is 0 Å². The highest BCUT2D eigenvalue weighted by Crippen LogP contribution is 2.33. The Bertz CT molecular complexity index is 758. The molecule has 0 radical (unpaired) electrons. The molecule has 3 rings (SSSR count). The number of nitrogens with zero attached hydrogens (tertiary/aromatic N) is 2. The smallest absolute Gasteiger partial charge is 0.123 e. The van der Waals surface area contributed by atoms with E-state index in [0.717, 1.165) is 10.2 Å². The van der Waals surface area contributed by atoms with Crippen molar-refractivity contribution in [2.75, 3.05) is 0 Å². The molecule has 3 nitrogen and oxygen atoms in total. The standard InChI is InChI=1S/C16H12BrClN2O/c17-13-8-4-7-12(15(13)18)16(21)14-9-10-19-20(14)11-5-2-1-3-6-11/h1-10,16,21H. The summed E-state index contributed by atoms with van der Waals surface area (Å²) < 4.78 is 2.47. The molecule has 0 saturated carbocycles. The monoisotopic (exact) mass is 362 g/mol. The first-order chi connectivity index (χ1) is 10.2. The van der Waals surface area contributed by atoms with Gasteiger partial charge >= 0.3 is 0 Å². The number of aromatic nitrogens is 2. The Morgan fingerprint density at radius 3 is 2.57 bits per heavy atom. The molecule has 0 bridgehead atoms. The summed E-state index contributed by atoms with van der Waals surface area (Å²) in [6.07, 6.45) is 0.815. The van der Waals surface area contributed by atoms with Gasteiger partial charge in [0.05, 0.1) is 16.4 Å². The van der Waals surface area contributed by atoms with Gasteiger partial charge in [0.2, 0.25) is 0 Å². The molecule has 5 heteroatoms. The Kier molecular flexibility index (Phi) is 4.10. The topological polar surface area (TPSA) is 38.1 Å². The van der Waals surface area contributed by atoms with E-state index in [-0.39, 0.29) is 0 Å². The van der Waals surface area contributed by atoms with Crippen LogP contribution in [0.1, 0.15) is 17.4 Å². The molecule has 0 fully saturated rings. The van der Waals surface area contributed by atoms with Crippen LogP contribution in [0, 0.1) is 0 Å². The third-order valence-corrected chi connectivity index (χ3v) is 4.54. The average molecular weight is 364 g/mol. The summed E-state index contributed by atoms with van der Waals surface area (Å²) in [5.41, 5.74) is 2.20. The SMILES string of the molecule is OC(c1cccc(Br)c1Cl)c1ccnn1-c1ccccc1. The minimum Gasteiger partial charge on any atom is -0.382 e. The van der Waals surface area contributed by atoms with Crippen molar-refractivity contribution in [2.45, 2.75) is 6.10 Å². The van der Waals surface area contributed by atoms with Crippen LogP contribution in [-0.4, -0.2) is 14.9 Å². The molecule has 0 spiro atoms. The van der Waals surface area contributed by atoms with Gasteiger partial charge in [0.25, 0.3) is 0 Å². The zero-order chi connectivity index (χ0) is 14.8. The highest BCUT2D eigenvalue weighted by Gasteiger charge is 2.19. The molecular formula is C16H12BrClN2O. The van der Waals surface area contributed by atoms with Crippen LogP contribution < -0.4 is 0 Å². The molecule has 1 aromatic heterocycles. The molecule has 106 valence electrons. The van der Waals surface area contributed by atoms with Crippen molar-refractivity contribution in [3.05, 3.63) is 81.5 Å². The van der Waals surface area contributed by atoms with E-state index in [1.54, 1.807) is 23.0 Å². The normalized spacial score (nSPS) is 12.3. The van der Waals surface area contributed by atoms with Gasteiger partial charge in [0.1, 0.15) is 6.10 Å². The average Bonchev–Trinajstić information content (AvgIpc) is 3.00. The molecule has 0 aliphatic rings. The summed E-state index contributed by atoms with van der Waals surface area (Å²) in [5, 5.41) is 15.5. The Morgan fingerprint density at radius 1 is 1.05 bits per heavy atom. The summed E-state index contributed by atoms with van der Waals surface area (Å²) in [5.74, 6) is 0. The highest BCUT2D eigenvalue weighted by atomic mass is 79.9. The van der Waals surface area contributed by atoms with E-state index in [9.17, 15) is 5.11 Å². The molecule has 2 aromatic carbocycles. The number of halogens is 2. The van der Waals surface area contributed by atoms with Gasteiger partial charge in [-0.15, -0.1) is 0 Å². The van der Waals surface area contributed by atoms with Crippen molar-refractivity contribution in [2.24, 2.45) is 0 Å². The maximum atomic E-state index is 10.7. The van der Waals surface area contributed by atoms with Gasteiger partial charge in [-0.1, -0.05) is 41.9 Å². The zero-order valence-corrected chi connectivity index (χ0v) is 13.3. The minimum atomic E-state index is -0.849. The van der Waals surface area contributed by atoms with E-state index < -0.39 is 6.10 Å². The predicted octanol–water partition coefficient (Wildman–Crippen LogP) is 4.37. The van der Waals surface area contributed by atoms with E-state index in [0.29, 0.717) is 16.3 Å². The van der Waals surface area contributed by atoms with Gasteiger partial charge in [0, 0.05) is 16.2 Å². The summed E-state index contributed by atoms with van der Waals surface area (Å²) in [4.78, 5) is 0. The van der Waals surface area contributed by atoms with Crippen LogP contribution >= 0.6 is 27.5 Å². The highest BCUT2D eigenvalue weighted by molar-refractivity contribution is 9.10. The summed E-state index contributed by atoms with van der Waals surface area (Å²) in [7, 11) is 0.